The van der Waals surface area contributed by atoms with E-state index in [-0.39, 0.29) is 0 Å². The van der Waals surface area contributed by atoms with Crippen LogP contribution < -0.4 is 5.73 Å². The monoisotopic (exact) mass is 427 g/mol. The van der Waals surface area contributed by atoms with E-state index in [0.717, 1.165) is 19.0 Å². The van der Waals surface area contributed by atoms with Gasteiger partial charge in [0, 0.05) is 0 Å². The van der Waals surface area contributed by atoms with Crippen LogP contribution in [-0.2, 0) is 16.5 Å². The van der Waals surface area contributed by atoms with Crippen molar-refractivity contribution in [2.45, 2.75) is 84.5 Å². The molecule has 0 bridgehead atoms. The normalized spacial score (nSPS) is 15.0. The third-order valence-corrected chi connectivity index (χ3v) is 21.1. The van der Waals surface area contributed by atoms with Crippen LogP contribution in [0.15, 0.2) is 0 Å². The predicted octanol–water partition coefficient (Wildman–Crippen LogP) is 4.55. The maximum absolute atomic E-state index is 6.52. The molecule has 2 N–H and O–H groups in total. The highest BCUT2D eigenvalue weighted by Gasteiger charge is 2.44. The van der Waals surface area contributed by atoms with E-state index in [1.807, 2.05) is 0 Å². The minimum absolute atomic E-state index is 0.722. The largest absolute Gasteiger partial charge is 0.437 e. The molecule has 0 aromatic carbocycles. The van der Waals surface area contributed by atoms with E-state index < -0.39 is 42.3 Å². The second kappa shape index (κ2) is 8.72. The lowest BCUT2D eigenvalue weighted by atomic mass is 10.5. The number of hydrogen-bond acceptors (Lipinski definition) is 5. The first-order valence-corrected chi connectivity index (χ1v) is 23.9. The molecule has 0 aromatic rings. The average molecular weight is 428 g/mol. The van der Waals surface area contributed by atoms with E-state index in [9.17, 15) is 0 Å². The molecule has 0 heterocycles. The summed E-state index contributed by atoms with van der Waals surface area (Å²) in [7, 11) is -10.1. The Kier molecular flexibility index (Phi) is 9.04. The van der Waals surface area contributed by atoms with E-state index in [2.05, 4.69) is 72.0 Å². The molecule has 0 unspecified atom stereocenters. The van der Waals surface area contributed by atoms with Crippen LogP contribution in [0.5, 0.6) is 0 Å². The summed E-state index contributed by atoms with van der Waals surface area (Å²) in [4.78, 5) is 0. The van der Waals surface area contributed by atoms with Gasteiger partial charge in [-0.2, -0.15) is 0 Å². The van der Waals surface area contributed by atoms with Gasteiger partial charge in [0.05, 0.1) is 0 Å². The van der Waals surface area contributed by atoms with Gasteiger partial charge in [-0.3, -0.25) is 0 Å². The molecule has 5 nitrogen and oxygen atoms in total. The van der Waals surface area contributed by atoms with E-state index >= 15 is 0 Å². The van der Waals surface area contributed by atoms with Gasteiger partial charge in [-0.15, -0.1) is 0 Å². The van der Waals surface area contributed by atoms with Gasteiger partial charge in [0.1, 0.15) is 0 Å². The van der Waals surface area contributed by atoms with Gasteiger partial charge < -0.3 is 22.2 Å². The van der Waals surface area contributed by atoms with Gasteiger partial charge in [-0.25, -0.2) is 0 Å². The number of rotatable bonds is 11. The lowest BCUT2D eigenvalue weighted by Crippen LogP contribution is -2.58. The van der Waals surface area contributed by atoms with E-state index in [1.165, 1.54) is 0 Å². The molecule has 0 aliphatic rings. The molecule has 0 fully saturated rings. The summed E-state index contributed by atoms with van der Waals surface area (Å²) in [5.41, 5.74) is 5.65. The molecule has 0 atom stereocenters. The van der Waals surface area contributed by atoms with Gasteiger partial charge in [-0.1, -0.05) is 0 Å². The molecule has 0 spiro atoms. The Morgan fingerprint density at radius 2 is 0.958 bits per heavy atom. The highest BCUT2D eigenvalue weighted by molar-refractivity contribution is 6.90. The van der Waals surface area contributed by atoms with Crippen molar-refractivity contribution in [1.82, 2.24) is 0 Å². The molecule has 0 saturated carbocycles. The lowest BCUT2D eigenvalue weighted by Gasteiger charge is -2.42. The second-order valence-electron chi connectivity index (χ2n) is 9.37. The van der Waals surface area contributed by atoms with Crippen LogP contribution in [0.4, 0.5) is 0 Å². The Hall–Kier alpha value is 0.884. The minimum Gasteiger partial charge on any atom is -0.437 e. The first-order chi connectivity index (χ1) is 10.4. The third-order valence-electron chi connectivity index (χ3n) is 3.04. The maximum atomic E-state index is 6.52. The standard InChI is InChI=1S/C14H41NO4Si5/c1-20(2,3)16-22(6,7)18-24(10,11)19-23(8,9)17-21(4,5)14-12-13-15/h12-15H2,1-11H3. The predicted molar refractivity (Wildman–Crippen MR) is 116 cm³/mol. The van der Waals surface area contributed by atoms with E-state index in [0.29, 0.717) is 0 Å². The van der Waals surface area contributed by atoms with Crippen LogP contribution >= 0.6 is 0 Å². The molecule has 0 aliphatic carbocycles. The summed E-state index contributed by atoms with van der Waals surface area (Å²) >= 11 is 0. The van der Waals surface area contributed by atoms with Crippen LogP contribution in [0.25, 0.3) is 0 Å². The second-order valence-corrected chi connectivity index (χ2v) is 29.3. The average Bonchev–Trinajstić information content (AvgIpc) is 2.16. The molecule has 0 rings (SSSR count). The highest BCUT2D eigenvalue weighted by Crippen LogP contribution is 2.27. The zero-order valence-electron chi connectivity index (χ0n) is 17.8. The molecule has 24 heavy (non-hydrogen) atoms. The van der Waals surface area contributed by atoms with E-state index in [1.54, 1.807) is 0 Å². The van der Waals surface area contributed by atoms with Crippen LogP contribution in [0.3, 0.4) is 0 Å². The Labute approximate surface area is 155 Å². The summed E-state index contributed by atoms with van der Waals surface area (Å²) in [5.74, 6) is 0. The smallest absolute Gasteiger partial charge is 0.314 e. The number of nitrogens with two attached hydrogens (primary N) is 1. The van der Waals surface area contributed by atoms with Crippen LogP contribution in [0.1, 0.15) is 6.42 Å². The zero-order chi connectivity index (χ0) is 19.4. The number of hydrogen-bond donors (Lipinski definition) is 1. The quantitative estimate of drug-likeness (QED) is 0.490. The SMILES string of the molecule is C[Si](C)(C)O[Si](C)(C)O[Si](C)(C)O[Si](C)(C)O[Si](C)(C)CCCN. The van der Waals surface area contributed by atoms with Gasteiger partial charge in [-0.05, 0) is 91.0 Å². The van der Waals surface area contributed by atoms with Gasteiger partial charge in [0.2, 0.25) is 0 Å². The fourth-order valence-corrected chi connectivity index (χ4v) is 27.0. The van der Waals surface area contributed by atoms with Crippen molar-refractivity contribution in [3.05, 3.63) is 0 Å². The lowest BCUT2D eigenvalue weighted by molar-refractivity contribution is 0.299. The first-order valence-electron chi connectivity index (χ1n) is 8.89. The molecule has 0 saturated heterocycles. The van der Waals surface area contributed by atoms with Crippen LogP contribution in [-0.4, -0.2) is 48.9 Å². The fraction of sp³-hybridized carbons (Fsp3) is 1.00. The first kappa shape index (κ1) is 24.9. The van der Waals surface area contributed by atoms with E-state index in [4.69, 9.17) is 22.2 Å². The van der Waals surface area contributed by atoms with Gasteiger partial charge >= 0.3 is 25.7 Å². The Bertz CT molecular complexity index is 397. The molecule has 0 radical (unpaired) electrons. The van der Waals surface area contributed by atoms with Crippen molar-refractivity contribution < 1.29 is 16.5 Å². The van der Waals surface area contributed by atoms with Crippen molar-refractivity contribution in [2.24, 2.45) is 5.73 Å². The van der Waals surface area contributed by atoms with Crippen molar-refractivity contribution in [3.63, 3.8) is 0 Å². The molecule has 0 amide bonds. The van der Waals surface area contributed by atoms with Crippen molar-refractivity contribution in [3.8, 4) is 0 Å². The topological polar surface area (TPSA) is 62.9 Å². The zero-order valence-corrected chi connectivity index (χ0v) is 22.8. The van der Waals surface area contributed by atoms with Crippen LogP contribution in [0, 0.1) is 0 Å². The molecule has 146 valence electrons. The van der Waals surface area contributed by atoms with Gasteiger partial charge in [0.25, 0.3) is 0 Å². The van der Waals surface area contributed by atoms with Crippen molar-refractivity contribution in [1.29, 1.82) is 0 Å². The summed E-state index contributed by atoms with van der Waals surface area (Å²) in [6, 6.07) is 1.07. The van der Waals surface area contributed by atoms with Crippen molar-refractivity contribution >= 4 is 42.3 Å². The highest BCUT2D eigenvalue weighted by atomic mass is 28.5. The summed E-state index contributed by atoms with van der Waals surface area (Å²) in [5, 5.41) is 0. The van der Waals surface area contributed by atoms with Gasteiger partial charge in [0.15, 0.2) is 16.6 Å². The molecule has 0 aliphatic heterocycles. The Morgan fingerprint density at radius 3 is 1.33 bits per heavy atom. The molecule has 10 heteroatoms. The summed E-state index contributed by atoms with van der Waals surface area (Å²) in [6.07, 6.45) is 1.02. The fourth-order valence-electron chi connectivity index (χ4n) is 3.23. The van der Waals surface area contributed by atoms with Crippen LogP contribution in [0.2, 0.25) is 78.1 Å². The summed E-state index contributed by atoms with van der Waals surface area (Å²) in [6.45, 7) is 24.6. The van der Waals surface area contributed by atoms with Crippen molar-refractivity contribution in [2.75, 3.05) is 6.54 Å². The third kappa shape index (κ3) is 12.3. The molecule has 0 aromatic heterocycles. The maximum Gasteiger partial charge on any atom is 0.314 e. The Balaban J connectivity index is 4.87. The molecular formula is C14H41NO4Si5. The molecular weight excluding hydrogens is 387 g/mol. The minimum atomic E-state index is -2.31. The Morgan fingerprint density at radius 1 is 0.583 bits per heavy atom. The summed E-state index contributed by atoms with van der Waals surface area (Å²) < 4.78 is 25.8.